The molecule has 0 aromatic rings. The normalized spacial score (nSPS) is 15.6. The van der Waals surface area contributed by atoms with Gasteiger partial charge in [0, 0.05) is 5.75 Å². The number of nitrogens with two attached hydrogens (primary N) is 1. The van der Waals surface area contributed by atoms with Crippen LogP contribution in [0.1, 0.15) is 39.5 Å². The molecule has 0 amide bonds. The van der Waals surface area contributed by atoms with Crippen molar-refractivity contribution in [2.45, 2.75) is 39.5 Å². The van der Waals surface area contributed by atoms with E-state index in [1.807, 2.05) is 0 Å². The van der Waals surface area contributed by atoms with Crippen molar-refractivity contribution in [3.05, 3.63) is 0 Å². The van der Waals surface area contributed by atoms with Crippen molar-refractivity contribution >= 4 is 11.1 Å². The zero-order chi connectivity index (χ0) is 10.1. The maximum Gasteiger partial charge on any atom is 0.156 e. The average Bonchev–Trinajstić information content (AvgIpc) is 2.12. The highest BCUT2D eigenvalue weighted by Gasteiger charge is 2.01. The van der Waals surface area contributed by atoms with Gasteiger partial charge in [0.15, 0.2) is 11.1 Å². The molecule has 0 saturated carbocycles. The summed E-state index contributed by atoms with van der Waals surface area (Å²) in [4.78, 5) is 0. The summed E-state index contributed by atoms with van der Waals surface area (Å²) in [6.07, 6.45) is 4.55. The van der Waals surface area contributed by atoms with Crippen molar-refractivity contribution in [3.8, 4) is 0 Å². The van der Waals surface area contributed by atoms with Gasteiger partial charge < -0.3 is 5.73 Å². The Morgan fingerprint density at radius 2 is 2.15 bits per heavy atom. The van der Waals surface area contributed by atoms with Gasteiger partial charge in [-0.2, -0.15) is 0 Å². The van der Waals surface area contributed by atoms with E-state index in [1.54, 1.807) is 0 Å². The minimum Gasteiger partial charge on any atom is -0.308 e. The van der Waals surface area contributed by atoms with E-state index in [4.69, 9.17) is 9.92 Å². The fourth-order valence-electron chi connectivity index (χ4n) is 1.05. The van der Waals surface area contributed by atoms with Gasteiger partial charge in [-0.25, -0.2) is 4.21 Å². The highest BCUT2D eigenvalue weighted by atomic mass is 32.2. The van der Waals surface area contributed by atoms with Gasteiger partial charge >= 0.3 is 0 Å². The van der Waals surface area contributed by atoms with Gasteiger partial charge in [0.2, 0.25) is 0 Å². The van der Waals surface area contributed by atoms with Crippen molar-refractivity contribution in [3.63, 3.8) is 0 Å². The Morgan fingerprint density at radius 1 is 1.46 bits per heavy atom. The van der Waals surface area contributed by atoms with E-state index < -0.39 is 11.1 Å². The van der Waals surface area contributed by atoms with Crippen LogP contribution in [0.2, 0.25) is 0 Å². The zero-order valence-electron chi connectivity index (χ0n) is 8.62. The lowest BCUT2D eigenvalue weighted by Crippen LogP contribution is -2.09. The van der Waals surface area contributed by atoms with Crippen LogP contribution < -0.4 is 5.73 Å². The van der Waals surface area contributed by atoms with E-state index >= 15 is 0 Å². The lowest BCUT2D eigenvalue weighted by molar-refractivity contribution is 0.359. The Hall–Kier alpha value is 0.0700. The van der Waals surface area contributed by atoms with E-state index in [0.29, 0.717) is 5.75 Å². The lowest BCUT2D eigenvalue weighted by atomic mass is 10.0. The Balaban J connectivity index is 3.20. The molecule has 2 unspecified atom stereocenters. The molecule has 0 spiro atoms. The standard InChI is InChI=1S/C9H21NO2S/c1-3-9(2)6-4-5-7-13(11)12-8-10/h9H,3-8,10H2,1-2H3. The predicted molar refractivity (Wildman–Crippen MR) is 56.5 cm³/mol. The zero-order valence-corrected chi connectivity index (χ0v) is 9.44. The van der Waals surface area contributed by atoms with Crippen LogP contribution in [0.25, 0.3) is 0 Å². The molecular formula is C9H21NO2S. The van der Waals surface area contributed by atoms with Crippen LogP contribution in [0.5, 0.6) is 0 Å². The molecule has 2 N–H and O–H groups in total. The summed E-state index contributed by atoms with van der Waals surface area (Å²) in [7, 11) is 0. The number of unbranched alkanes of at least 4 members (excludes halogenated alkanes) is 1. The van der Waals surface area contributed by atoms with Crippen LogP contribution in [0.4, 0.5) is 0 Å². The second-order valence-corrected chi connectivity index (χ2v) is 4.55. The first kappa shape index (κ1) is 13.1. The second-order valence-electron chi connectivity index (χ2n) is 3.30. The molecule has 0 aliphatic rings. The van der Waals surface area contributed by atoms with Crippen LogP contribution in [-0.2, 0) is 15.3 Å². The Kier molecular flexibility index (Phi) is 8.71. The SMILES string of the molecule is CCC(C)CCCCS(=O)OCN. The van der Waals surface area contributed by atoms with Gasteiger partial charge in [-0.05, 0) is 12.3 Å². The molecule has 4 heteroatoms. The summed E-state index contributed by atoms with van der Waals surface area (Å²) >= 11 is -1.16. The van der Waals surface area contributed by atoms with E-state index in [0.717, 1.165) is 18.8 Å². The summed E-state index contributed by atoms with van der Waals surface area (Å²) < 4.78 is 15.7. The number of rotatable bonds is 8. The van der Waals surface area contributed by atoms with Crippen LogP contribution in [0.15, 0.2) is 0 Å². The minimum atomic E-state index is -1.16. The molecule has 2 atom stereocenters. The van der Waals surface area contributed by atoms with Gasteiger partial charge in [-0.3, -0.25) is 4.18 Å². The largest absolute Gasteiger partial charge is 0.308 e. The van der Waals surface area contributed by atoms with E-state index in [9.17, 15) is 4.21 Å². The maximum absolute atomic E-state index is 11.0. The molecule has 0 heterocycles. The van der Waals surface area contributed by atoms with Gasteiger partial charge in [0.05, 0.1) is 0 Å². The molecule has 0 aromatic carbocycles. The van der Waals surface area contributed by atoms with E-state index in [-0.39, 0.29) is 6.73 Å². The Labute approximate surface area is 83.7 Å². The first-order valence-electron chi connectivity index (χ1n) is 4.92. The van der Waals surface area contributed by atoms with Crippen molar-refractivity contribution < 1.29 is 8.39 Å². The van der Waals surface area contributed by atoms with Crippen molar-refractivity contribution in [1.82, 2.24) is 0 Å². The molecule has 0 rings (SSSR count). The highest BCUT2D eigenvalue weighted by molar-refractivity contribution is 7.80. The predicted octanol–water partition coefficient (Wildman–Crippen LogP) is 1.80. The fraction of sp³-hybridized carbons (Fsp3) is 1.00. The van der Waals surface area contributed by atoms with Gasteiger partial charge in [-0.1, -0.05) is 33.1 Å². The highest BCUT2D eigenvalue weighted by Crippen LogP contribution is 2.11. The third kappa shape index (κ3) is 8.40. The average molecular weight is 207 g/mol. The summed E-state index contributed by atoms with van der Waals surface area (Å²) in [6.45, 7) is 4.49. The van der Waals surface area contributed by atoms with Gasteiger partial charge in [0.1, 0.15) is 6.73 Å². The first-order chi connectivity index (χ1) is 6.20. The summed E-state index contributed by atoms with van der Waals surface area (Å²) in [5.41, 5.74) is 5.09. The minimum absolute atomic E-state index is 0.0535. The van der Waals surface area contributed by atoms with Crippen molar-refractivity contribution in [2.24, 2.45) is 11.7 Å². The second kappa shape index (κ2) is 8.66. The van der Waals surface area contributed by atoms with Crippen LogP contribution in [-0.4, -0.2) is 16.7 Å². The molecular weight excluding hydrogens is 186 g/mol. The monoisotopic (exact) mass is 207 g/mol. The summed E-state index contributed by atoms with van der Waals surface area (Å²) in [6, 6.07) is 0. The topological polar surface area (TPSA) is 52.3 Å². The Bertz CT molecular complexity index is 142. The molecule has 13 heavy (non-hydrogen) atoms. The molecule has 0 saturated heterocycles. The van der Waals surface area contributed by atoms with Gasteiger partial charge in [-0.15, -0.1) is 0 Å². The number of hydrogen-bond donors (Lipinski definition) is 1. The van der Waals surface area contributed by atoms with E-state index in [1.165, 1.54) is 12.8 Å². The van der Waals surface area contributed by atoms with Crippen LogP contribution >= 0.6 is 0 Å². The molecule has 0 fully saturated rings. The van der Waals surface area contributed by atoms with Gasteiger partial charge in [0.25, 0.3) is 0 Å². The molecule has 3 nitrogen and oxygen atoms in total. The lowest BCUT2D eigenvalue weighted by Gasteiger charge is -2.06. The van der Waals surface area contributed by atoms with Crippen molar-refractivity contribution in [2.75, 3.05) is 12.5 Å². The third-order valence-corrected chi connectivity index (χ3v) is 3.18. The van der Waals surface area contributed by atoms with E-state index in [2.05, 4.69) is 13.8 Å². The molecule has 0 aromatic heterocycles. The molecule has 0 aliphatic carbocycles. The smallest absolute Gasteiger partial charge is 0.156 e. The van der Waals surface area contributed by atoms with Crippen LogP contribution in [0.3, 0.4) is 0 Å². The summed E-state index contributed by atoms with van der Waals surface area (Å²) in [5, 5.41) is 0. The molecule has 0 bridgehead atoms. The number of hydrogen-bond acceptors (Lipinski definition) is 3. The summed E-state index contributed by atoms with van der Waals surface area (Å²) in [5.74, 6) is 1.40. The Morgan fingerprint density at radius 3 is 2.69 bits per heavy atom. The maximum atomic E-state index is 11.0. The molecule has 80 valence electrons. The molecule has 0 radical (unpaired) electrons. The quantitative estimate of drug-likeness (QED) is 0.488. The fourth-order valence-corrected chi connectivity index (χ4v) is 1.76. The van der Waals surface area contributed by atoms with Crippen molar-refractivity contribution in [1.29, 1.82) is 0 Å². The molecule has 0 aliphatic heterocycles. The van der Waals surface area contributed by atoms with Crippen LogP contribution in [0, 0.1) is 5.92 Å². The first-order valence-corrected chi connectivity index (χ1v) is 6.16. The third-order valence-electron chi connectivity index (χ3n) is 2.15.